The highest BCUT2D eigenvalue weighted by molar-refractivity contribution is 7.89. The first-order chi connectivity index (χ1) is 11.3. The minimum atomic E-state index is -3.58. The summed E-state index contributed by atoms with van der Waals surface area (Å²) in [6.07, 6.45) is 0.174. The summed E-state index contributed by atoms with van der Waals surface area (Å²) < 4.78 is 27.1. The van der Waals surface area contributed by atoms with E-state index in [0.717, 1.165) is 18.7 Å². The molecule has 1 aromatic rings. The molecular weight excluding hydrogens is 362 g/mol. The Kier molecular flexibility index (Phi) is 8.34. The summed E-state index contributed by atoms with van der Waals surface area (Å²) in [5, 5.41) is 3.23. The van der Waals surface area contributed by atoms with Crippen LogP contribution in [0.3, 0.4) is 0 Å². The summed E-state index contributed by atoms with van der Waals surface area (Å²) in [4.78, 5) is 14.3. The van der Waals surface area contributed by atoms with Crippen LogP contribution in [0.4, 0.5) is 0 Å². The fourth-order valence-electron chi connectivity index (χ4n) is 2.76. The highest BCUT2D eigenvalue weighted by Gasteiger charge is 2.23. The number of halogens is 1. The highest BCUT2D eigenvalue weighted by atomic mass is 35.5. The number of sulfonamides is 1. The van der Waals surface area contributed by atoms with E-state index in [1.807, 2.05) is 24.0 Å². The molecule has 1 heterocycles. The maximum atomic E-state index is 12.3. The van der Waals surface area contributed by atoms with Crippen LogP contribution in [0.5, 0.6) is 0 Å². The molecule has 0 bridgehead atoms. The first-order valence-corrected chi connectivity index (χ1v) is 9.89. The van der Waals surface area contributed by atoms with Crippen LogP contribution in [0.15, 0.2) is 29.2 Å². The molecule has 1 fully saturated rings. The molecule has 0 saturated carbocycles. The van der Waals surface area contributed by atoms with Crippen LogP contribution in [0, 0.1) is 0 Å². The number of hydrogen-bond donors (Lipinski definition) is 2. The zero-order chi connectivity index (χ0) is 17.7. The second-order valence-corrected chi connectivity index (χ2v) is 8.28. The van der Waals surface area contributed by atoms with E-state index in [9.17, 15) is 13.2 Å². The number of carbonyl (C=O) groups excluding carboxylic acids is 1. The van der Waals surface area contributed by atoms with Crippen molar-refractivity contribution < 1.29 is 13.2 Å². The Morgan fingerprint density at radius 1 is 1.32 bits per heavy atom. The van der Waals surface area contributed by atoms with Crippen LogP contribution in [0.2, 0.25) is 0 Å². The van der Waals surface area contributed by atoms with Gasteiger partial charge in [0.25, 0.3) is 0 Å². The summed E-state index contributed by atoms with van der Waals surface area (Å²) in [7, 11) is -3.58. The molecule has 0 spiro atoms. The van der Waals surface area contributed by atoms with Crippen LogP contribution in [-0.2, 0) is 14.8 Å². The molecule has 1 amide bonds. The number of piperazine rings is 1. The van der Waals surface area contributed by atoms with Crippen LogP contribution in [0.25, 0.3) is 0 Å². The second-order valence-electron chi connectivity index (χ2n) is 6.51. The molecule has 0 aliphatic carbocycles. The van der Waals surface area contributed by atoms with Gasteiger partial charge in [-0.05, 0) is 30.5 Å². The predicted molar refractivity (Wildman–Crippen MR) is 102 cm³/mol. The van der Waals surface area contributed by atoms with Crippen molar-refractivity contribution in [1.82, 2.24) is 14.9 Å². The van der Waals surface area contributed by atoms with E-state index in [2.05, 4.69) is 23.9 Å². The number of benzene rings is 1. The number of rotatable bonds is 6. The van der Waals surface area contributed by atoms with Gasteiger partial charge < -0.3 is 10.2 Å². The lowest BCUT2D eigenvalue weighted by Crippen LogP contribution is -2.52. The molecule has 25 heavy (non-hydrogen) atoms. The molecule has 0 aromatic heterocycles. The lowest BCUT2D eigenvalue weighted by Gasteiger charge is -2.34. The minimum absolute atomic E-state index is 0. The van der Waals surface area contributed by atoms with Gasteiger partial charge in [-0.3, -0.25) is 4.79 Å². The van der Waals surface area contributed by atoms with E-state index >= 15 is 0 Å². The Hall–Kier alpha value is -1.15. The fraction of sp³-hybridized carbons (Fsp3) is 0.588. The van der Waals surface area contributed by atoms with E-state index in [-0.39, 0.29) is 42.2 Å². The average Bonchev–Trinajstić information content (AvgIpc) is 2.55. The van der Waals surface area contributed by atoms with Crippen molar-refractivity contribution in [2.75, 3.05) is 26.2 Å². The zero-order valence-corrected chi connectivity index (χ0v) is 16.6. The molecule has 0 unspecified atom stereocenters. The molecule has 1 saturated heterocycles. The molecule has 0 radical (unpaired) electrons. The molecule has 6 nitrogen and oxygen atoms in total. The Morgan fingerprint density at radius 3 is 2.52 bits per heavy atom. The van der Waals surface area contributed by atoms with Gasteiger partial charge in [-0.2, -0.15) is 0 Å². The molecule has 142 valence electrons. The van der Waals surface area contributed by atoms with E-state index in [4.69, 9.17) is 0 Å². The third-order valence-electron chi connectivity index (χ3n) is 4.31. The van der Waals surface area contributed by atoms with E-state index in [1.165, 1.54) is 0 Å². The maximum absolute atomic E-state index is 12.3. The van der Waals surface area contributed by atoms with Crippen molar-refractivity contribution in [2.45, 2.75) is 44.0 Å². The topological polar surface area (TPSA) is 78.5 Å². The molecular formula is C17H28ClN3O3S. The summed E-state index contributed by atoms with van der Waals surface area (Å²) in [6, 6.07) is 7.02. The number of hydrogen-bond acceptors (Lipinski definition) is 4. The first kappa shape index (κ1) is 21.9. The molecule has 2 N–H and O–H groups in total. The van der Waals surface area contributed by atoms with Crippen LogP contribution < -0.4 is 10.0 Å². The molecule has 1 atom stereocenters. The van der Waals surface area contributed by atoms with E-state index in [0.29, 0.717) is 12.5 Å². The molecule has 2 rings (SSSR count). The van der Waals surface area contributed by atoms with Gasteiger partial charge in [0, 0.05) is 38.6 Å². The standard InChI is InChI=1S/C17H27N3O3S.ClH/c1-13(2)15-4-6-16(7-5-15)24(22,23)19-9-8-17(21)20-11-10-18-12-14(20)3;/h4-7,13-14,18-19H,8-12H2,1-3H3;1H/t14-;/m1./s1. The molecule has 1 aliphatic heterocycles. The number of nitrogens with one attached hydrogen (secondary N) is 2. The third-order valence-corrected chi connectivity index (χ3v) is 5.79. The number of nitrogens with zero attached hydrogens (tertiary/aromatic N) is 1. The molecule has 1 aliphatic rings. The second kappa shape index (κ2) is 9.52. The summed E-state index contributed by atoms with van der Waals surface area (Å²) in [5.41, 5.74) is 1.09. The lowest BCUT2D eigenvalue weighted by atomic mass is 10.0. The van der Waals surface area contributed by atoms with Crippen molar-refractivity contribution in [3.63, 3.8) is 0 Å². The van der Waals surface area contributed by atoms with E-state index < -0.39 is 10.0 Å². The minimum Gasteiger partial charge on any atom is -0.337 e. The smallest absolute Gasteiger partial charge is 0.240 e. The average molecular weight is 390 g/mol. The van der Waals surface area contributed by atoms with Crippen LogP contribution >= 0.6 is 12.4 Å². The predicted octanol–water partition coefficient (Wildman–Crippen LogP) is 1.72. The fourth-order valence-corrected chi connectivity index (χ4v) is 3.79. The largest absolute Gasteiger partial charge is 0.337 e. The number of carbonyl (C=O) groups is 1. The Morgan fingerprint density at radius 2 is 1.96 bits per heavy atom. The van der Waals surface area contributed by atoms with Gasteiger partial charge in [-0.25, -0.2) is 13.1 Å². The van der Waals surface area contributed by atoms with Crippen molar-refractivity contribution in [3.8, 4) is 0 Å². The van der Waals surface area contributed by atoms with Crippen LogP contribution in [-0.4, -0.2) is 51.4 Å². The van der Waals surface area contributed by atoms with Gasteiger partial charge in [-0.1, -0.05) is 26.0 Å². The zero-order valence-electron chi connectivity index (χ0n) is 15.0. The van der Waals surface area contributed by atoms with Crippen molar-refractivity contribution in [2.24, 2.45) is 0 Å². The monoisotopic (exact) mass is 389 g/mol. The van der Waals surface area contributed by atoms with Gasteiger partial charge in [-0.15, -0.1) is 12.4 Å². The summed E-state index contributed by atoms with van der Waals surface area (Å²) >= 11 is 0. The van der Waals surface area contributed by atoms with Crippen molar-refractivity contribution >= 4 is 28.3 Å². The van der Waals surface area contributed by atoms with Gasteiger partial charge >= 0.3 is 0 Å². The van der Waals surface area contributed by atoms with Gasteiger partial charge in [0.2, 0.25) is 15.9 Å². The first-order valence-electron chi connectivity index (χ1n) is 8.41. The van der Waals surface area contributed by atoms with Gasteiger partial charge in [0.1, 0.15) is 0 Å². The van der Waals surface area contributed by atoms with Crippen molar-refractivity contribution in [1.29, 1.82) is 0 Å². The Labute approximate surface area is 156 Å². The van der Waals surface area contributed by atoms with Crippen molar-refractivity contribution in [3.05, 3.63) is 29.8 Å². The summed E-state index contributed by atoms with van der Waals surface area (Å²) in [6.45, 7) is 8.45. The van der Waals surface area contributed by atoms with Gasteiger partial charge in [0.15, 0.2) is 0 Å². The maximum Gasteiger partial charge on any atom is 0.240 e. The molecule has 8 heteroatoms. The summed E-state index contributed by atoms with van der Waals surface area (Å²) in [5.74, 6) is 0.343. The lowest BCUT2D eigenvalue weighted by molar-refractivity contribution is -0.133. The third kappa shape index (κ3) is 5.95. The SMILES string of the molecule is CC(C)c1ccc(S(=O)(=O)NCCC(=O)N2CCNC[C@H]2C)cc1.Cl. The quantitative estimate of drug-likeness (QED) is 0.776. The van der Waals surface area contributed by atoms with E-state index in [1.54, 1.807) is 12.1 Å². The molecule has 1 aromatic carbocycles. The Balaban J connectivity index is 0.00000312. The normalized spacial score (nSPS) is 18.1. The Bertz CT molecular complexity index is 662. The van der Waals surface area contributed by atoms with Gasteiger partial charge in [0.05, 0.1) is 4.90 Å². The van der Waals surface area contributed by atoms with Crippen LogP contribution in [0.1, 0.15) is 38.7 Å². The number of amides is 1. The highest BCUT2D eigenvalue weighted by Crippen LogP contribution is 2.17.